The topological polar surface area (TPSA) is 83.9 Å². The van der Waals surface area contributed by atoms with Gasteiger partial charge in [0.05, 0.1) is 12.5 Å². The Labute approximate surface area is 117 Å². The van der Waals surface area contributed by atoms with E-state index in [4.69, 9.17) is 9.84 Å². The van der Waals surface area contributed by atoms with Crippen LogP contribution in [0, 0.1) is 11.8 Å². The zero-order valence-electron chi connectivity index (χ0n) is 11.3. The lowest BCUT2D eigenvalue weighted by atomic mass is 9.82. The molecule has 1 fully saturated rings. The second-order valence-electron chi connectivity index (χ2n) is 5.23. The maximum Gasteiger partial charge on any atom is 0.309 e. The van der Waals surface area contributed by atoms with Crippen molar-refractivity contribution in [2.45, 2.75) is 25.7 Å². The highest BCUT2D eigenvalue weighted by atomic mass is 16.5. The molecule has 0 saturated heterocycles. The third-order valence-electron chi connectivity index (χ3n) is 3.86. The van der Waals surface area contributed by atoms with Crippen LogP contribution in [-0.2, 0) is 19.1 Å². The summed E-state index contributed by atoms with van der Waals surface area (Å²) in [6, 6.07) is 0. The molecule has 1 heterocycles. The zero-order chi connectivity index (χ0) is 14.5. The van der Waals surface area contributed by atoms with Gasteiger partial charge in [-0.3, -0.25) is 19.3 Å². The smallest absolute Gasteiger partial charge is 0.309 e. The van der Waals surface area contributed by atoms with Gasteiger partial charge in [0, 0.05) is 18.7 Å². The van der Waals surface area contributed by atoms with Crippen molar-refractivity contribution in [1.82, 2.24) is 4.90 Å². The predicted molar refractivity (Wildman–Crippen MR) is 69.4 cm³/mol. The van der Waals surface area contributed by atoms with Crippen molar-refractivity contribution >= 4 is 17.8 Å². The molecule has 0 aromatic carbocycles. The van der Waals surface area contributed by atoms with E-state index in [2.05, 4.69) is 0 Å². The monoisotopic (exact) mass is 281 g/mol. The van der Waals surface area contributed by atoms with Gasteiger partial charge in [0.15, 0.2) is 0 Å². The molecule has 2 amide bonds. The van der Waals surface area contributed by atoms with Crippen molar-refractivity contribution in [2.24, 2.45) is 11.8 Å². The quantitative estimate of drug-likeness (QED) is 0.577. The SMILES string of the molecule is O=C(OCCO)C1CCC(CN2C(=O)C=CC2=O)CC1. The van der Waals surface area contributed by atoms with Crippen molar-refractivity contribution in [3.8, 4) is 0 Å². The summed E-state index contributed by atoms with van der Waals surface area (Å²) in [6.45, 7) is 0.317. The number of imide groups is 1. The third-order valence-corrected chi connectivity index (χ3v) is 3.86. The maximum atomic E-state index is 11.7. The maximum absolute atomic E-state index is 11.7. The van der Waals surface area contributed by atoms with Gasteiger partial charge in [0.2, 0.25) is 0 Å². The summed E-state index contributed by atoms with van der Waals surface area (Å²) < 4.78 is 4.92. The van der Waals surface area contributed by atoms with E-state index in [0.717, 1.165) is 12.8 Å². The number of nitrogens with zero attached hydrogens (tertiary/aromatic N) is 1. The molecular formula is C14H19NO5. The molecule has 1 N–H and O–H groups in total. The zero-order valence-corrected chi connectivity index (χ0v) is 11.3. The molecule has 2 rings (SSSR count). The Hall–Kier alpha value is -1.69. The van der Waals surface area contributed by atoms with E-state index in [1.807, 2.05) is 0 Å². The highest BCUT2D eigenvalue weighted by Crippen LogP contribution is 2.30. The molecule has 0 aromatic heterocycles. The molecule has 0 unspecified atom stereocenters. The molecule has 20 heavy (non-hydrogen) atoms. The van der Waals surface area contributed by atoms with Gasteiger partial charge in [0.1, 0.15) is 6.61 Å². The summed E-state index contributed by atoms with van der Waals surface area (Å²) in [5, 5.41) is 8.61. The first-order valence-electron chi connectivity index (χ1n) is 6.93. The van der Waals surface area contributed by atoms with Gasteiger partial charge < -0.3 is 9.84 Å². The van der Waals surface area contributed by atoms with Crippen LogP contribution < -0.4 is 0 Å². The molecule has 6 nitrogen and oxygen atoms in total. The Bertz CT molecular complexity index is 405. The number of aliphatic hydroxyl groups is 1. The summed E-state index contributed by atoms with van der Waals surface area (Å²) >= 11 is 0. The van der Waals surface area contributed by atoms with Crippen LogP contribution in [0.25, 0.3) is 0 Å². The van der Waals surface area contributed by atoms with Gasteiger partial charge in [-0.15, -0.1) is 0 Å². The first-order valence-corrected chi connectivity index (χ1v) is 6.93. The fourth-order valence-electron chi connectivity index (χ4n) is 2.71. The van der Waals surface area contributed by atoms with Crippen LogP contribution in [0.5, 0.6) is 0 Å². The largest absolute Gasteiger partial charge is 0.463 e. The predicted octanol–water partition coefficient (Wildman–Crippen LogP) is 0.253. The van der Waals surface area contributed by atoms with E-state index in [1.54, 1.807) is 0 Å². The number of amides is 2. The van der Waals surface area contributed by atoms with Crippen LogP contribution in [0.1, 0.15) is 25.7 Å². The van der Waals surface area contributed by atoms with Crippen molar-refractivity contribution in [3.05, 3.63) is 12.2 Å². The standard InChI is InChI=1S/C14H19NO5/c16-7-8-20-14(19)11-3-1-10(2-4-11)9-15-12(17)5-6-13(15)18/h5-6,10-11,16H,1-4,7-9H2. The molecule has 110 valence electrons. The molecular weight excluding hydrogens is 262 g/mol. The summed E-state index contributed by atoms with van der Waals surface area (Å²) in [6.07, 6.45) is 5.60. The lowest BCUT2D eigenvalue weighted by molar-refractivity contribution is -0.151. The summed E-state index contributed by atoms with van der Waals surface area (Å²) in [4.78, 5) is 35.8. The Balaban J connectivity index is 1.76. The minimum atomic E-state index is -0.257. The molecule has 0 radical (unpaired) electrons. The molecule has 6 heteroatoms. The number of rotatable bonds is 5. The van der Waals surface area contributed by atoms with Crippen LogP contribution in [0.3, 0.4) is 0 Å². The van der Waals surface area contributed by atoms with Crippen molar-refractivity contribution in [3.63, 3.8) is 0 Å². The van der Waals surface area contributed by atoms with Crippen LogP contribution >= 0.6 is 0 Å². The Kier molecular flexibility index (Phi) is 4.89. The lowest BCUT2D eigenvalue weighted by Crippen LogP contribution is -2.36. The van der Waals surface area contributed by atoms with Crippen LogP contribution in [0.15, 0.2) is 12.2 Å². The van der Waals surface area contributed by atoms with Crippen LogP contribution in [0.2, 0.25) is 0 Å². The fraction of sp³-hybridized carbons (Fsp3) is 0.643. The van der Waals surface area contributed by atoms with E-state index in [0.29, 0.717) is 19.4 Å². The van der Waals surface area contributed by atoms with Gasteiger partial charge >= 0.3 is 5.97 Å². The van der Waals surface area contributed by atoms with Crippen LogP contribution in [0.4, 0.5) is 0 Å². The first kappa shape index (κ1) is 14.7. The molecule has 1 aliphatic carbocycles. The van der Waals surface area contributed by atoms with E-state index >= 15 is 0 Å². The van der Waals surface area contributed by atoms with Gasteiger partial charge in [-0.05, 0) is 31.6 Å². The Morgan fingerprint density at radius 2 is 1.80 bits per heavy atom. The average Bonchev–Trinajstić information content (AvgIpc) is 2.77. The Morgan fingerprint density at radius 1 is 1.20 bits per heavy atom. The molecule has 0 aromatic rings. The highest BCUT2D eigenvalue weighted by Gasteiger charge is 2.31. The van der Waals surface area contributed by atoms with Gasteiger partial charge in [-0.25, -0.2) is 0 Å². The molecule has 1 aliphatic heterocycles. The second-order valence-corrected chi connectivity index (χ2v) is 5.23. The number of esters is 1. The Morgan fingerprint density at radius 3 is 2.35 bits per heavy atom. The van der Waals surface area contributed by atoms with Gasteiger partial charge in [-0.1, -0.05) is 0 Å². The molecule has 0 bridgehead atoms. The van der Waals surface area contributed by atoms with Crippen molar-refractivity contribution in [1.29, 1.82) is 0 Å². The average molecular weight is 281 g/mol. The third kappa shape index (κ3) is 3.45. The minimum Gasteiger partial charge on any atom is -0.463 e. The van der Waals surface area contributed by atoms with Crippen molar-refractivity contribution < 1.29 is 24.2 Å². The van der Waals surface area contributed by atoms with E-state index in [-0.39, 0.29) is 42.8 Å². The fourth-order valence-corrected chi connectivity index (χ4v) is 2.71. The minimum absolute atomic E-state index is 0.0429. The summed E-state index contributed by atoms with van der Waals surface area (Å²) in [7, 11) is 0. The van der Waals surface area contributed by atoms with E-state index in [1.165, 1.54) is 17.1 Å². The first-order chi connectivity index (χ1) is 9.61. The number of hydrogen-bond acceptors (Lipinski definition) is 5. The summed E-state index contributed by atoms with van der Waals surface area (Å²) in [5.41, 5.74) is 0. The molecule has 0 atom stereocenters. The summed E-state index contributed by atoms with van der Waals surface area (Å²) in [5.74, 6) is -0.628. The van der Waals surface area contributed by atoms with Gasteiger partial charge in [0.25, 0.3) is 11.8 Å². The van der Waals surface area contributed by atoms with Gasteiger partial charge in [-0.2, -0.15) is 0 Å². The molecule has 2 aliphatic rings. The molecule has 0 spiro atoms. The number of carbonyl (C=O) groups excluding carboxylic acids is 3. The number of aliphatic hydroxyl groups excluding tert-OH is 1. The lowest BCUT2D eigenvalue weighted by Gasteiger charge is -2.29. The number of ether oxygens (including phenoxy) is 1. The number of carbonyl (C=O) groups is 3. The molecule has 1 saturated carbocycles. The van der Waals surface area contributed by atoms with Crippen molar-refractivity contribution in [2.75, 3.05) is 19.8 Å². The normalized spacial score (nSPS) is 26.1. The highest BCUT2D eigenvalue weighted by molar-refractivity contribution is 6.12. The van der Waals surface area contributed by atoms with E-state index < -0.39 is 0 Å². The van der Waals surface area contributed by atoms with E-state index in [9.17, 15) is 14.4 Å². The second kappa shape index (κ2) is 6.65. The van der Waals surface area contributed by atoms with Crippen LogP contribution in [-0.4, -0.2) is 47.5 Å². The number of hydrogen-bond donors (Lipinski definition) is 1.